The van der Waals surface area contributed by atoms with Crippen molar-refractivity contribution < 1.29 is 0 Å². The summed E-state index contributed by atoms with van der Waals surface area (Å²) in [6, 6.07) is 7.18. The first-order chi connectivity index (χ1) is 13.1. The Morgan fingerprint density at radius 1 is 0.929 bits per heavy atom. The summed E-state index contributed by atoms with van der Waals surface area (Å²) in [7, 11) is -0.529. The van der Waals surface area contributed by atoms with Crippen LogP contribution in [0.25, 0.3) is 0 Å². The number of hydrogen-bond donors (Lipinski definition) is 0. The molecule has 0 aliphatic heterocycles. The minimum absolute atomic E-state index is 0.135. The molecule has 1 aromatic rings. The smallest absolute Gasteiger partial charge is 0.0836 e. The van der Waals surface area contributed by atoms with E-state index in [1.165, 1.54) is 17.5 Å². The van der Waals surface area contributed by atoms with Crippen LogP contribution in [0.15, 0.2) is 64.4 Å². The minimum atomic E-state index is -0.529. The molecule has 0 saturated heterocycles. The van der Waals surface area contributed by atoms with E-state index in [-0.39, 0.29) is 10.8 Å². The Morgan fingerprint density at radius 3 is 2.11 bits per heavy atom. The van der Waals surface area contributed by atoms with Crippen LogP contribution in [0.5, 0.6) is 0 Å². The lowest BCUT2D eigenvalue weighted by atomic mass is 9.56. The highest BCUT2D eigenvalue weighted by Gasteiger charge is 2.52. The molecule has 0 fully saturated rings. The van der Waals surface area contributed by atoms with Crippen molar-refractivity contribution in [2.24, 2.45) is 16.7 Å². The third-order valence-electron chi connectivity index (χ3n) is 7.51. The quantitative estimate of drug-likeness (QED) is 0.519. The monoisotopic (exact) mass is 390 g/mol. The van der Waals surface area contributed by atoms with Crippen molar-refractivity contribution in [1.29, 1.82) is 0 Å². The van der Waals surface area contributed by atoms with E-state index >= 15 is 0 Å². The Balaban J connectivity index is 2.15. The maximum atomic E-state index is 2.57. The number of allylic oxidation sites excluding steroid dienone is 8. The molecule has 3 rings (SSSR count). The molecular weight excluding hydrogens is 352 g/mol. The first-order valence-corrected chi connectivity index (χ1v) is 12.3. The predicted octanol–water partition coefficient (Wildman–Crippen LogP) is 6.28. The van der Waals surface area contributed by atoms with Crippen molar-refractivity contribution in [1.82, 2.24) is 0 Å². The highest BCUT2D eigenvalue weighted by Crippen LogP contribution is 2.61. The second-order valence-corrected chi connectivity index (χ2v) is 11.8. The van der Waals surface area contributed by atoms with Crippen LogP contribution in [0, 0.1) is 30.6 Å². The zero-order valence-electron chi connectivity index (χ0n) is 19.2. The molecule has 150 valence electrons. The maximum absolute atomic E-state index is 2.57. The maximum Gasteiger partial charge on any atom is 0.0839 e. The molecule has 0 amide bonds. The molecule has 2 aliphatic rings. The van der Waals surface area contributed by atoms with E-state index in [1.54, 1.807) is 27.1 Å². The molecule has 1 aromatic carbocycles. The summed E-state index contributed by atoms with van der Waals surface area (Å²) in [6.07, 6.45) is 11.9. The van der Waals surface area contributed by atoms with Gasteiger partial charge >= 0.3 is 0 Å². The Morgan fingerprint density at radius 2 is 1.57 bits per heavy atom. The molecule has 0 radical (unpaired) electrons. The summed E-state index contributed by atoms with van der Waals surface area (Å²) in [5.74, 6) is 0.686. The lowest BCUT2D eigenvalue weighted by Gasteiger charge is -2.50. The van der Waals surface area contributed by atoms with Crippen LogP contribution < -0.4 is 5.19 Å². The van der Waals surface area contributed by atoms with E-state index in [9.17, 15) is 0 Å². The van der Waals surface area contributed by atoms with Gasteiger partial charge in [0.15, 0.2) is 0 Å². The van der Waals surface area contributed by atoms with Gasteiger partial charge in [0.2, 0.25) is 0 Å². The van der Waals surface area contributed by atoms with E-state index in [2.05, 4.69) is 97.9 Å². The van der Waals surface area contributed by atoms with Crippen LogP contribution in [-0.2, 0) is 0 Å². The van der Waals surface area contributed by atoms with Crippen molar-refractivity contribution in [2.45, 2.75) is 68.2 Å². The van der Waals surface area contributed by atoms with Crippen molar-refractivity contribution in [3.63, 3.8) is 0 Å². The number of benzene rings is 1. The molecule has 0 aromatic heterocycles. The third-order valence-corrected chi connectivity index (χ3v) is 9.91. The fraction of sp³-hybridized carbons (Fsp3) is 0.481. The van der Waals surface area contributed by atoms with Crippen LogP contribution >= 0.6 is 0 Å². The van der Waals surface area contributed by atoms with Crippen molar-refractivity contribution >= 4 is 14.7 Å². The second-order valence-electron chi connectivity index (χ2n) is 9.90. The largest absolute Gasteiger partial charge is 0.0839 e. The Bertz CT molecular complexity index is 873. The molecule has 0 nitrogen and oxygen atoms in total. The number of aryl methyl sites for hydroxylation is 2. The standard InChI is InChI=1S/C27H38Si/c1-18(2)17-27(12-10-9-11-13-27)26(8)23(7)21(5)22(6)25(26)28-24-15-19(3)14-20(4)16-24/h9-12,14-16,18H,13,17,28H2,1-8H3. The van der Waals surface area contributed by atoms with E-state index in [4.69, 9.17) is 0 Å². The molecule has 28 heavy (non-hydrogen) atoms. The molecule has 2 aliphatic carbocycles. The molecule has 2 atom stereocenters. The fourth-order valence-electron chi connectivity index (χ4n) is 5.96. The van der Waals surface area contributed by atoms with Gasteiger partial charge in [-0.3, -0.25) is 0 Å². The highest BCUT2D eigenvalue weighted by molar-refractivity contribution is 6.62. The first kappa shape index (κ1) is 21.1. The SMILES string of the molecule is CC1=C(C)C(C)(C2(CC(C)C)C=CC=CC2)C([SiH2]c2cc(C)cc(C)c2)=C1C. The molecule has 0 saturated carbocycles. The summed E-state index contributed by atoms with van der Waals surface area (Å²) in [5, 5.41) is 3.36. The van der Waals surface area contributed by atoms with Crippen LogP contribution in [0.3, 0.4) is 0 Å². The van der Waals surface area contributed by atoms with Gasteiger partial charge in [-0.2, -0.15) is 0 Å². The average Bonchev–Trinajstić information content (AvgIpc) is 2.78. The minimum Gasteiger partial charge on any atom is -0.0836 e. The summed E-state index contributed by atoms with van der Waals surface area (Å²) >= 11 is 0. The third kappa shape index (κ3) is 3.43. The summed E-state index contributed by atoms with van der Waals surface area (Å²) < 4.78 is 0. The average molecular weight is 391 g/mol. The first-order valence-electron chi connectivity index (χ1n) is 10.9. The molecule has 0 N–H and O–H groups in total. The summed E-state index contributed by atoms with van der Waals surface area (Å²) in [5.41, 5.74) is 7.87. The number of hydrogen-bond acceptors (Lipinski definition) is 0. The fourth-order valence-corrected chi connectivity index (χ4v) is 8.72. The Kier molecular flexibility index (Phi) is 5.78. The zero-order valence-corrected chi connectivity index (χ0v) is 20.7. The predicted molar refractivity (Wildman–Crippen MR) is 128 cm³/mol. The van der Waals surface area contributed by atoms with Gasteiger partial charge in [-0.15, -0.1) is 0 Å². The molecule has 1 heteroatoms. The van der Waals surface area contributed by atoms with Gasteiger partial charge in [0.25, 0.3) is 0 Å². The summed E-state index contributed by atoms with van der Waals surface area (Å²) in [6.45, 7) is 19.0. The van der Waals surface area contributed by atoms with Crippen molar-refractivity contribution in [2.75, 3.05) is 0 Å². The number of rotatable bonds is 5. The Labute approximate surface area is 175 Å². The zero-order chi connectivity index (χ0) is 20.7. The van der Waals surface area contributed by atoms with Gasteiger partial charge in [-0.25, -0.2) is 0 Å². The van der Waals surface area contributed by atoms with Gasteiger partial charge in [0.05, 0.1) is 9.52 Å². The van der Waals surface area contributed by atoms with Gasteiger partial charge in [0.1, 0.15) is 0 Å². The molecule has 0 heterocycles. The van der Waals surface area contributed by atoms with Crippen LogP contribution in [0.1, 0.15) is 65.5 Å². The topological polar surface area (TPSA) is 0 Å². The van der Waals surface area contributed by atoms with Crippen LogP contribution in [0.2, 0.25) is 0 Å². The van der Waals surface area contributed by atoms with E-state index in [0.29, 0.717) is 5.92 Å². The molecule has 0 bridgehead atoms. The van der Waals surface area contributed by atoms with Crippen molar-refractivity contribution in [3.05, 3.63) is 75.5 Å². The van der Waals surface area contributed by atoms with Gasteiger partial charge < -0.3 is 0 Å². The van der Waals surface area contributed by atoms with E-state index in [0.717, 1.165) is 6.42 Å². The molecule has 0 spiro atoms. The molecular formula is C27H38Si. The lowest BCUT2D eigenvalue weighted by molar-refractivity contribution is 0.158. The van der Waals surface area contributed by atoms with Gasteiger partial charge in [0, 0.05) is 10.8 Å². The lowest BCUT2D eigenvalue weighted by Crippen LogP contribution is -2.44. The van der Waals surface area contributed by atoms with Gasteiger partial charge in [-0.1, -0.05) is 95.9 Å². The summed E-state index contributed by atoms with van der Waals surface area (Å²) in [4.78, 5) is 0. The van der Waals surface area contributed by atoms with E-state index in [1.807, 2.05) is 0 Å². The Hall–Kier alpha value is -1.60. The van der Waals surface area contributed by atoms with Gasteiger partial charge in [-0.05, 0) is 59.0 Å². The van der Waals surface area contributed by atoms with Crippen LogP contribution in [-0.4, -0.2) is 9.52 Å². The highest BCUT2D eigenvalue weighted by atomic mass is 28.2. The second kappa shape index (κ2) is 7.67. The molecule has 2 unspecified atom stereocenters. The van der Waals surface area contributed by atoms with E-state index < -0.39 is 9.52 Å². The van der Waals surface area contributed by atoms with Crippen LogP contribution in [0.4, 0.5) is 0 Å². The normalized spacial score (nSPS) is 27.9. The van der Waals surface area contributed by atoms with Crippen molar-refractivity contribution in [3.8, 4) is 0 Å².